The molecule has 0 aromatic carbocycles. The minimum absolute atomic E-state index is 0.00489. The number of nitrogens with one attached hydrogen (secondary N) is 1. The number of thiazole rings is 1. The number of aromatic nitrogens is 1. The highest BCUT2D eigenvalue weighted by molar-refractivity contribution is 7.20. The summed E-state index contributed by atoms with van der Waals surface area (Å²) in [6.07, 6.45) is -0.765. The summed E-state index contributed by atoms with van der Waals surface area (Å²) in [5.41, 5.74) is -3.58. The van der Waals surface area contributed by atoms with E-state index in [1.807, 2.05) is 0 Å². The van der Waals surface area contributed by atoms with Crippen molar-refractivity contribution in [1.29, 1.82) is 0 Å². The Hall–Kier alpha value is -2.24. The van der Waals surface area contributed by atoms with E-state index in [-0.39, 0.29) is 15.2 Å². The molecule has 0 saturated heterocycles. The van der Waals surface area contributed by atoms with Crippen molar-refractivity contribution in [2.24, 2.45) is 5.16 Å². The Kier molecular flexibility index (Phi) is 8.58. The quantitative estimate of drug-likeness (QED) is 0.345. The number of amides is 1. The number of ether oxygens (including phenoxy) is 2. The number of halogens is 1. The van der Waals surface area contributed by atoms with Crippen molar-refractivity contribution in [3.8, 4) is 0 Å². The maximum Gasteiger partial charge on any atom is 0.413 e. The van der Waals surface area contributed by atoms with Crippen molar-refractivity contribution in [3.05, 3.63) is 10.0 Å². The van der Waals surface area contributed by atoms with Gasteiger partial charge >= 0.3 is 12.1 Å². The standard InChI is InChI=1S/C19H28ClN3O7S/c1-17(2,3)28-14(26)19(7,8)30-23-11(10(25)9-24)12-13(20)31-15(21-12)22-16(27)29-18(4,5)6/h24H,9H2,1-8H3,(H,21,22,27)/b23-11+. The first kappa shape index (κ1) is 26.8. The predicted molar refractivity (Wildman–Crippen MR) is 117 cm³/mol. The maximum absolute atomic E-state index is 12.3. The predicted octanol–water partition coefficient (Wildman–Crippen LogP) is 3.55. The summed E-state index contributed by atoms with van der Waals surface area (Å²) in [6.45, 7) is 12.1. The number of nitrogens with zero attached hydrogens (tertiary/aromatic N) is 2. The van der Waals surface area contributed by atoms with Gasteiger partial charge in [-0.25, -0.2) is 14.6 Å². The molecular formula is C19H28ClN3O7S. The van der Waals surface area contributed by atoms with E-state index < -0.39 is 47.0 Å². The second-order valence-electron chi connectivity index (χ2n) is 8.89. The fourth-order valence-electron chi connectivity index (χ4n) is 1.79. The Bertz CT molecular complexity index is 867. The Morgan fingerprint density at radius 3 is 2.10 bits per heavy atom. The van der Waals surface area contributed by atoms with Gasteiger partial charge in [-0.05, 0) is 55.4 Å². The SMILES string of the molecule is CC(C)(C)OC(=O)Nc1nc(/C(=N/OC(C)(C)C(=O)OC(C)(C)C)C(=O)CO)c(Cl)s1. The number of esters is 1. The van der Waals surface area contributed by atoms with Gasteiger partial charge in [0.1, 0.15) is 27.8 Å². The molecule has 0 fully saturated rings. The van der Waals surface area contributed by atoms with Crippen LogP contribution in [-0.2, 0) is 23.9 Å². The molecule has 0 aliphatic rings. The number of Topliss-reactive ketones (excluding diaryl/α,β-unsaturated/α-hetero) is 1. The molecule has 0 radical (unpaired) electrons. The van der Waals surface area contributed by atoms with Crippen LogP contribution in [0.4, 0.5) is 9.93 Å². The maximum atomic E-state index is 12.3. The van der Waals surface area contributed by atoms with Crippen LogP contribution in [0.15, 0.2) is 5.16 Å². The molecule has 0 saturated carbocycles. The summed E-state index contributed by atoms with van der Waals surface area (Å²) < 4.78 is 10.4. The fraction of sp³-hybridized carbons (Fsp3) is 0.632. The lowest BCUT2D eigenvalue weighted by Gasteiger charge is -2.26. The molecular weight excluding hydrogens is 450 g/mol. The van der Waals surface area contributed by atoms with E-state index in [2.05, 4.69) is 15.5 Å². The number of oxime groups is 1. The number of carbonyl (C=O) groups excluding carboxylic acids is 3. The van der Waals surface area contributed by atoms with Crippen LogP contribution < -0.4 is 5.32 Å². The number of hydrogen-bond acceptors (Lipinski definition) is 10. The van der Waals surface area contributed by atoms with Crippen molar-refractivity contribution in [2.45, 2.75) is 72.2 Å². The molecule has 1 aromatic rings. The molecule has 0 atom stereocenters. The van der Waals surface area contributed by atoms with Crippen LogP contribution in [-0.4, -0.2) is 57.1 Å². The third kappa shape index (κ3) is 8.80. The molecule has 1 heterocycles. The summed E-state index contributed by atoms with van der Waals surface area (Å²) in [6, 6.07) is 0. The van der Waals surface area contributed by atoms with Crippen LogP contribution in [0.1, 0.15) is 61.1 Å². The van der Waals surface area contributed by atoms with Gasteiger partial charge < -0.3 is 19.4 Å². The molecule has 0 bridgehead atoms. The Morgan fingerprint density at radius 1 is 1.06 bits per heavy atom. The number of anilines is 1. The normalized spacial score (nSPS) is 12.9. The lowest BCUT2D eigenvalue weighted by molar-refractivity contribution is -0.179. The zero-order valence-electron chi connectivity index (χ0n) is 18.8. The van der Waals surface area contributed by atoms with E-state index in [1.54, 1.807) is 41.5 Å². The van der Waals surface area contributed by atoms with E-state index in [0.717, 1.165) is 11.3 Å². The first-order valence-corrected chi connectivity index (χ1v) is 10.4. The van der Waals surface area contributed by atoms with Gasteiger partial charge in [-0.3, -0.25) is 10.1 Å². The van der Waals surface area contributed by atoms with E-state index in [1.165, 1.54) is 13.8 Å². The van der Waals surface area contributed by atoms with Crippen molar-refractivity contribution in [1.82, 2.24) is 4.98 Å². The van der Waals surface area contributed by atoms with Gasteiger partial charge in [0, 0.05) is 0 Å². The third-order valence-corrected chi connectivity index (χ3v) is 4.25. The minimum Gasteiger partial charge on any atom is -0.457 e. The number of aliphatic hydroxyl groups excluding tert-OH is 1. The minimum atomic E-state index is -1.55. The zero-order valence-corrected chi connectivity index (χ0v) is 20.4. The van der Waals surface area contributed by atoms with Crippen molar-refractivity contribution in [2.75, 3.05) is 11.9 Å². The molecule has 10 nitrogen and oxygen atoms in total. The molecule has 0 unspecified atom stereocenters. The van der Waals surface area contributed by atoms with Crippen LogP contribution >= 0.6 is 22.9 Å². The summed E-state index contributed by atoms with van der Waals surface area (Å²) in [5.74, 6) is -1.56. The summed E-state index contributed by atoms with van der Waals surface area (Å²) in [7, 11) is 0. The summed E-state index contributed by atoms with van der Waals surface area (Å²) >= 11 is 7.01. The van der Waals surface area contributed by atoms with Crippen LogP contribution in [0.25, 0.3) is 0 Å². The van der Waals surface area contributed by atoms with Gasteiger partial charge in [0.2, 0.25) is 11.4 Å². The first-order chi connectivity index (χ1) is 13.9. The van der Waals surface area contributed by atoms with E-state index in [4.69, 9.17) is 25.9 Å². The van der Waals surface area contributed by atoms with E-state index in [9.17, 15) is 19.5 Å². The molecule has 0 aliphatic carbocycles. The van der Waals surface area contributed by atoms with Gasteiger partial charge in [0.15, 0.2) is 10.8 Å². The molecule has 174 valence electrons. The average Bonchev–Trinajstić information content (AvgIpc) is 2.91. The number of rotatable bonds is 7. The molecule has 2 N–H and O–H groups in total. The third-order valence-electron chi connectivity index (χ3n) is 3.08. The van der Waals surface area contributed by atoms with Gasteiger partial charge in [0.05, 0.1) is 0 Å². The fourth-order valence-corrected chi connectivity index (χ4v) is 2.82. The van der Waals surface area contributed by atoms with Crippen LogP contribution in [0.2, 0.25) is 4.34 Å². The Labute approximate surface area is 189 Å². The molecule has 12 heteroatoms. The van der Waals surface area contributed by atoms with E-state index >= 15 is 0 Å². The topological polar surface area (TPSA) is 136 Å². The molecule has 1 aromatic heterocycles. The second kappa shape index (κ2) is 9.92. The number of hydrogen-bond donors (Lipinski definition) is 2. The molecule has 1 amide bonds. The Morgan fingerprint density at radius 2 is 1.61 bits per heavy atom. The number of carbonyl (C=O) groups is 3. The van der Waals surface area contributed by atoms with Gasteiger partial charge in [-0.15, -0.1) is 0 Å². The molecule has 0 aliphatic heterocycles. The van der Waals surface area contributed by atoms with Crippen LogP contribution in [0, 0.1) is 0 Å². The Balaban J connectivity index is 3.15. The molecule has 0 spiro atoms. The van der Waals surface area contributed by atoms with Crippen LogP contribution in [0.5, 0.6) is 0 Å². The summed E-state index contributed by atoms with van der Waals surface area (Å²) in [5, 5.41) is 15.5. The largest absolute Gasteiger partial charge is 0.457 e. The zero-order chi connectivity index (χ0) is 24.2. The second-order valence-corrected chi connectivity index (χ2v) is 10.5. The van der Waals surface area contributed by atoms with Crippen molar-refractivity contribution >= 4 is 51.6 Å². The summed E-state index contributed by atoms with van der Waals surface area (Å²) in [4.78, 5) is 45.8. The van der Waals surface area contributed by atoms with Gasteiger partial charge in [-0.2, -0.15) is 0 Å². The van der Waals surface area contributed by atoms with Crippen molar-refractivity contribution in [3.63, 3.8) is 0 Å². The highest BCUT2D eigenvalue weighted by atomic mass is 35.5. The smallest absolute Gasteiger partial charge is 0.413 e. The number of aliphatic hydroxyl groups is 1. The first-order valence-electron chi connectivity index (χ1n) is 9.25. The molecule has 31 heavy (non-hydrogen) atoms. The van der Waals surface area contributed by atoms with E-state index in [0.29, 0.717) is 0 Å². The van der Waals surface area contributed by atoms with Crippen LogP contribution in [0.3, 0.4) is 0 Å². The van der Waals surface area contributed by atoms with Gasteiger partial charge in [0.25, 0.3) is 0 Å². The molecule has 1 rings (SSSR count). The monoisotopic (exact) mass is 477 g/mol. The highest BCUT2D eigenvalue weighted by Gasteiger charge is 2.36. The highest BCUT2D eigenvalue weighted by Crippen LogP contribution is 2.30. The lowest BCUT2D eigenvalue weighted by atomic mass is 10.1. The van der Waals surface area contributed by atoms with Gasteiger partial charge in [-0.1, -0.05) is 28.1 Å². The van der Waals surface area contributed by atoms with Crippen molar-refractivity contribution < 1.29 is 33.8 Å². The lowest BCUT2D eigenvalue weighted by Crippen LogP contribution is -2.40. The number of ketones is 1. The average molecular weight is 478 g/mol.